The highest BCUT2D eigenvalue weighted by molar-refractivity contribution is 7.88. The molecule has 1 aromatic rings. The molecule has 90 valence electrons. The first-order valence-corrected chi connectivity index (χ1v) is 6.66. The van der Waals surface area contributed by atoms with Gasteiger partial charge >= 0.3 is 0 Å². The lowest BCUT2D eigenvalue weighted by molar-refractivity contribution is 0.208. The average Bonchev–Trinajstić information content (AvgIpc) is 2.17. The standard InChI is InChI=1S/C11H17NO3S/c1-11(2,9-13)12-16(14,15)8-10-6-4-3-5-7-10/h3-7,12-13H,8-9H2,1-2H3. The summed E-state index contributed by atoms with van der Waals surface area (Å²) in [5.41, 5.74) is -0.100. The largest absolute Gasteiger partial charge is 0.394 e. The van der Waals surface area contributed by atoms with Crippen LogP contribution in [0.1, 0.15) is 19.4 Å². The summed E-state index contributed by atoms with van der Waals surface area (Å²) in [6.45, 7) is 3.03. The molecule has 0 radical (unpaired) electrons. The van der Waals surface area contributed by atoms with Crippen molar-refractivity contribution in [2.24, 2.45) is 0 Å². The van der Waals surface area contributed by atoms with Crippen LogP contribution in [0.4, 0.5) is 0 Å². The smallest absolute Gasteiger partial charge is 0.216 e. The molecule has 0 heterocycles. The number of hydrogen-bond acceptors (Lipinski definition) is 3. The van der Waals surface area contributed by atoms with Crippen molar-refractivity contribution < 1.29 is 13.5 Å². The maximum absolute atomic E-state index is 11.8. The van der Waals surface area contributed by atoms with Gasteiger partial charge in [0.15, 0.2) is 0 Å². The molecule has 0 bridgehead atoms. The second-order valence-electron chi connectivity index (χ2n) is 4.39. The number of nitrogens with one attached hydrogen (secondary N) is 1. The van der Waals surface area contributed by atoms with Gasteiger partial charge in [-0.25, -0.2) is 13.1 Å². The van der Waals surface area contributed by atoms with Crippen molar-refractivity contribution in [2.45, 2.75) is 25.1 Å². The summed E-state index contributed by atoms with van der Waals surface area (Å²) in [5.74, 6) is -0.0722. The predicted octanol–water partition coefficient (Wildman–Crippen LogP) is 0.877. The maximum Gasteiger partial charge on any atom is 0.216 e. The van der Waals surface area contributed by atoms with E-state index in [1.165, 1.54) is 0 Å². The van der Waals surface area contributed by atoms with Crippen molar-refractivity contribution in [3.05, 3.63) is 35.9 Å². The Morgan fingerprint density at radius 1 is 1.25 bits per heavy atom. The Morgan fingerprint density at radius 2 is 1.81 bits per heavy atom. The maximum atomic E-state index is 11.8. The zero-order valence-corrected chi connectivity index (χ0v) is 10.3. The molecule has 0 saturated heterocycles. The molecule has 5 heteroatoms. The van der Waals surface area contributed by atoms with E-state index in [9.17, 15) is 8.42 Å². The Balaban J connectivity index is 2.74. The van der Waals surface area contributed by atoms with Crippen LogP contribution in [0.3, 0.4) is 0 Å². The summed E-state index contributed by atoms with van der Waals surface area (Å²) in [6.07, 6.45) is 0. The lowest BCUT2D eigenvalue weighted by atomic mass is 10.1. The van der Waals surface area contributed by atoms with Crippen LogP contribution in [0.15, 0.2) is 30.3 Å². The van der Waals surface area contributed by atoms with Crippen LogP contribution in [-0.4, -0.2) is 25.7 Å². The molecule has 0 aliphatic carbocycles. The number of aliphatic hydroxyl groups excluding tert-OH is 1. The first-order valence-electron chi connectivity index (χ1n) is 5.01. The van der Waals surface area contributed by atoms with E-state index in [2.05, 4.69) is 4.72 Å². The molecule has 1 rings (SSSR count). The van der Waals surface area contributed by atoms with Crippen molar-refractivity contribution in [1.82, 2.24) is 4.72 Å². The minimum atomic E-state index is -3.41. The van der Waals surface area contributed by atoms with Crippen LogP contribution in [0.5, 0.6) is 0 Å². The Hall–Kier alpha value is -0.910. The Morgan fingerprint density at radius 3 is 2.31 bits per heavy atom. The third-order valence-electron chi connectivity index (χ3n) is 2.03. The number of aliphatic hydroxyl groups is 1. The lowest BCUT2D eigenvalue weighted by Crippen LogP contribution is -2.46. The second kappa shape index (κ2) is 4.95. The molecule has 0 saturated carbocycles. The van der Waals surface area contributed by atoms with Crippen LogP contribution in [0, 0.1) is 0 Å². The van der Waals surface area contributed by atoms with Crippen molar-refractivity contribution in [2.75, 3.05) is 6.61 Å². The van der Waals surface area contributed by atoms with Gasteiger partial charge in [0.1, 0.15) is 0 Å². The molecule has 0 fully saturated rings. The Kier molecular flexibility index (Phi) is 4.07. The van der Waals surface area contributed by atoms with Gasteiger partial charge in [-0.05, 0) is 19.4 Å². The third kappa shape index (κ3) is 4.30. The van der Waals surface area contributed by atoms with Gasteiger partial charge in [-0.2, -0.15) is 0 Å². The fourth-order valence-electron chi connectivity index (χ4n) is 1.28. The number of rotatable bonds is 5. The summed E-state index contributed by atoms with van der Waals surface area (Å²) < 4.78 is 26.0. The lowest BCUT2D eigenvalue weighted by Gasteiger charge is -2.23. The number of benzene rings is 1. The SMILES string of the molecule is CC(C)(CO)NS(=O)(=O)Cc1ccccc1. The van der Waals surface area contributed by atoms with Crippen molar-refractivity contribution in [3.8, 4) is 0 Å². The van der Waals surface area contributed by atoms with E-state index in [0.717, 1.165) is 5.56 Å². The number of sulfonamides is 1. The van der Waals surface area contributed by atoms with Crippen LogP contribution in [-0.2, 0) is 15.8 Å². The van der Waals surface area contributed by atoms with Gasteiger partial charge in [0.2, 0.25) is 10.0 Å². The monoisotopic (exact) mass is 243 g/mol. The molecule has 0 aliphatic heterocycles. The summed E-state index contributed by atoms with van der Waals surface area (Å²) >= 11 is 0. The molecule has 0 aliphatic rings. The summed E-state index contributed by atoms with van der Waals surface area (Å²) in [5, 5.41) is 9.00. The molecule has 4 nitrogen and oxygen atoms in total. The van der Waals surface area contributed by atoms with Crippen LogP contribution < -0.4 is 4.72 Å². The minimum Gasteiger partial charge on any atom is -0.394 e. The fraction of sp³-hybridized carbons (Fsp3) is 0.455. The summed E-state index contributed by atoms with van der Waals surface area (Å²) in [4.78, 5) is 0. The highest BCUT2D eigenvalue weighted by Crippen LogP contribution is 2.08. The molecule has 0 aromatic heterocycles. The van der Waals surface area contributed by atoms with E-state index < -0.39 is 15.6 Å². The van der Waals surface area contributed by atoms with Gasteiger partial charge in [0.25, 0.3) is 0 Å². The zero-order valence-electron chi connectivity index (χ0n) is 9.47. The highest BCUT2D eigenvalue weighted by Gasteiger charge is 2.23. The average molecular weight is 243 g/mol. The Bertz CT molecular complexity index is 426. The number of hydrogen-bond donors (Lipinski definition) is 2. The fourth-order valence-corrected chi connectivity index (χ4v) is 2.89. The van der Waals surface area contributed by atoms with Gasteiger partial charge in [-0.1, -0.05) is 30.3 Å². The third-order valence-corrected chi connectivity index (χ3v) is 3.60. The first-order chi connectivity index (χ1) is 7.35. The molecule has 0 atom stereocenters. The van der Waals surface area contributed by atoms with E-state index in [0.29, 0.717) is 0 Å². The first kappa shape index (κ1) is 13.2. The highest BCUT2D eigenvalue weighted by atomic mass is 32.2. The second-order valence-corrected chi connectivity index (χ2v) is 6.11. The molecular formula is C11H17NO3S. The quantitative estimate of drug-likeness (QED) is 0.806. The van der Waals surface area contributed by atoms with E-state index in [1.807, 2.05) is 6.07 Å². The van der Waals surface area contributed by atoms with Crippen molar-refractivity contribution in [3.63, 3.8) is 0 Å². The van der Waals surface area contributed by atoms with Crippen molar-refractivity contribution in [1.29, 1.82) is 0 Å². The van der Waals surface area contributed by atoms with Gasteiger partial charge in [0, 0.05) is 0 Å². The van der Waals surface area contributed by atoms with Crippen LogP contribution in [0.2, 0.25) is 0 Å². The molecule has 16 heavy (non-hydrogen) atoms. The normalized spacial score (nSPS) is 12.7. The van der Waals surface area contributed by atoms with E-state index in [-0.39, 0.29) is 12.4 Å². The van der Waals surface area contributed by atoms with Crippen LogP contribution in [0.25, 0.3) is 0 Å². The molecule has 0 amide bonds. The van der Waals surface area contributed by atoms with E-state index >= 15 is 0 Å². The van der Waals surface area contributed by atoms with E-state index in [1.54, 1.807) is 38.1 Å². The molecule has 0 unspecified atom stereocenters. The predicted molar refractivity (Wildman–Crippen MR) is 63.4 cm³/mol. The molecular weight excluding hydrogens is 226 g/mol. The summed E-state index contributed by atoms with van der Waals surface area (Å²) in [6, 6.07) is 8.93. The van der Waals surface area contributed by atoms with Gasteiger partial charge in [-0.15, -0.1) is 0 Å². The summed E-state index contributed by atoms with van der Waals surface area (Å²) in [7, 11) is -3.41. The van der Waals surface area contributed by atoms with Gasteiger partial charge < -0.3 is 5.11 Å². The van der Waals surface area contributed by atoms with Crippen molar-refractivity contribution >= 4 is 10.0 Å². The van der Waals surface area contributed by atoms with Gasteiger partial charge in [0.05, 0.1) is 17.9 Å². The molecule has 1 aromatic carbocycles. The van der Waals surface area contributed by atoms with E-state index in [4.69, 9.17) is 5.11 Å². The van der Waals surface area contributed by atoms with Gasteiger partial charge in [-0.3, -0.25) is 0 Å². The van der Waals surface area contributed by atoms with Crippen LogP contribution >= 0.6 is 0 Å². The molecule has 2 N–H and O–H groups in total. The topological polar surface area (TPSA) is 66.4 Å². The zero-order chi connectivity index (χ0) is 12.2. The Labute approximate surface area is 96.4 Å². The minimum absolute atomic E-state index is 0.0722. The molecule has 0 spiro atoms.